The molecule has 1 aliphatic rings. The van der Waals surface area contributed by atoms with Crippen LogP contribution in [0.1, 0.15) is 31.1 Å². The number of rotatable bonds is 9. The first-order chi connectivity index (χ1) is 16.8. The fourth-order valence-electron chi connectivity index (χ4n) is 4.57. The number of ether oxygens (including phenoxy) is 1. The van der Waals surface area contributed by atoms with Gasteiger partial charge in [-0.1, -0.05) is 37.3 Å². The zero-order valence-electron chi connectivity index (χ0n) is 19.7. The Kier molecular flexibility index (Phi) is 7.25. The van der Waals surface area contributed by atoms with Crippen molar-refractivity contribution in [3.63, 3.8) is 0 Å². The first kappa shape index (κ1) is 24.9. The van der Waals surface area contributed by atoms with Gasteiger partial charge < -0.3 is 14.9 Å². The summed E-state index contributed by atoms with van der Waals surface area (Å²) < 4.78 is 36.2. The third-order valence-electron chi connectivity index (χ3n) is 6.18. The predicted octanol–water partition coefficient (Wildman–Crippen LogP) is 2.95. The van der Waals surface area contributed by atoms with Gasteiger partial charge in [0.05, 0.1) is 41.8 Å². The van der Waals surface area contributed by atoms with Gasteiger partial charge in [0, 0.05) is 18.5 Å². The molecule has 2 heterocycles. The van der Waals surface area contributed by atoms with Crippen LogP contribution in [-0.4, -0.2) is 65.0 Å². The Morgan fingerprint density at radius 2 is 2.00 bits per heavy atom. The summed E-state index contributed by atoms with van der Waals surface area (Å²) >= 11 is 0. The van der Waals surface area contributed by atoms with Crippen molar-refractivity contribution in [2.24, 2.45) is 5.92 Å². The van der Waals surface area contributed by atoms with Crippen LogP contribution in [0.25, 0.3) is 17.0 Å². The van der Waals surface area contributed by atoms with Crippen LogP contribution in [0.3, 0.4) is 0 Å². The smallest absolute Gasteiger partial charge is 0.309 e. The van der Waals surface area contributed by atoms with Gasteiger partial charge in [-0.05, 0) is 42.7 Å². The molecule has 10 heteroatoms. The van der Waals surface area contributed by atoms with E-state index < -0.39 is 16.0 Å². The van der Waals surface area contributed by atoms with Crippen molar-refractivity contribution in [1.29, 1.82) is 0 Å². The molecule has 1 saturated heterocycles. The normalized spacial score (nSPS) is 19.1. The van der Waals surface area contributed by atoms with E-state index in [0.29, 0.717) is 30.2 Å². The van der Waals surface area contributed by atoms with Crippen LogP contribution in [0.15, 0.2) is 53.4 Å². The van der Waals surface area contributed by atoms with Crippen molar-refractivity contribution in [1.82, 2.24) is 14.1 Å². The van der Waals surface area contributed by atoms with Gasteiger partial charge in [-0.25, -0.2) is 8.42 Å². The number of hydrogen-bond donors (Lipinski definition) is 2. The number of benzene rings is 2. The molecule has 3 aromatic rings. The summed E-state index contributed by atoms with van der Waals surface area (Å²) in [5.74, 6) is -0.474. The number of aromatic nitrogens is 2. The molecule has 2 aromatic carbocycles. The minimum absolute atomic E-state index is 0.0510. The lowest BCUT2D eigenvalue weighted by molar-refractivity contribution is -0.136. The number of hydrogen-bond acceptors (Lipinski definition) is 6. The fraction of sp³-hybridized carbons (Fsp3) is 0.360. The number of fused-ring (bicyclic) bond motifs is 1. The van der Waals surface area contributed by atoms with E-state index >= 15 is 0 Å². The molecular formula is C25H29N3O6S. The van der Waals surface area contributed by atoms with Crippen LogP contribution in [-0.2, 0) is 21.2 Å². The molecule has 0 saturated carbocycles. The van der Waals surface area contributed by atoms with Crippen LogP contribution < -0.4 is 4.74 Å². The lowest BCUT2D eigenvalue weighted by Gasteiger charge is -2.19. The second-order valence-corrected chi connectivity index (χ2v) is 10.5. The average Bonchev–Trinajstić information content (AvgIpc) is 3.38. The van der Waals surface area contributed by atoms with E-state index in [4.69, 9.17) is 4.74 Å². The maximum atomic E-state index is 13.7. The Morgan fingerprint density at radius 1 is 1.23 bits per heavy atom. The maximum Gasteiger partial charge on any atom is 0.309 e. The topological polar surface area (TPSA) is 122 Å². The highest BCUT2D eigenvalue weighted by Gasteiger charge is 2.40. The summed E-state index contributed by atoms with van der Waals surface area (Å²) in [6.07, 6.45) is 2.86. The molecule has 1 aromatic heterocycles. The Balaban J connectivity index is 1.70. The summed E-state index contributed by atoms with van der Waals surface area (Å²) in [6, 6.07) is 12.0. The van der Waals surface area contributed by atoms with Crippen LogP contribution in [0.4, 0.5) is 0 Å². The van der Waals surface area contributed by atoms with Gasteiger partial charge in [-0.15, -0.1) is 0 Å². The molecule has 1 aliphatic heterocycles. The molecule has 4 rings (SSSR count). The Morgan fingerprint density at radius 3 is 2.71 bits per heavy atom. The molecular weight excluding hydrogens is 470 g/mol. The number of carboxylic acid groups (broad SMARTS) is 1. The maximum absolute atomic E-state index is 13.7. The molecule has 0 amide bonds. The summed E-state index contributed by atoms with van der Waals surface area (Å²) in [6.45, 7) is 4.55. The molecule has 0 unspecified atom stereocenters. The van der Waals surface area contributed by atoms with Crippen molar-refractivity contribution in [3.05, 3.63) is 59.8 Å². The van der Waals surface area contributed by atoms with E-state index in [1.165, 1.54) is 16.4 Å². The van der Waals surface area contributed by atoms with Crippen LogP contribution >= 0.6 is 0 Å². The lowest BCUT2D eigenvalue weighted by Crippen LogP contribution is -2.30. The number of aliphatic hydroxyl groups excluding tert-OH is 1. The van der Waals surface area contributed by atoms with Crippen LogP contribution in [0.5, 0.6) is 5.75 Å². The molecule has 2 atom stereocenters. The summed E-state index contributed by atoms with van der Waals surface area (Å²) in [5, 5.41) is 23.9. The zero-order chi connectivity index (χ0) is 25.2. The summed E-state index contributed by atoms with van der Waals surface area (Å²) in [4.78, 5) is 11.5. The Labute approximate surface area is 204 Å². The van der Waals surface area contributed by atoms with Crippen LogP contribution in [0, 0.1) is 5.92 Å². The minimum atomic E-state index is -3.86. The lowest BCUT2D eigenvalue weighted by atomic mass is 10.1. The van der Waals surface area contributed by atoms with E-state index in [2.05, 4.69) is 5.10 Å². The van der Waals surface area contributed by atoms with E-state index in [1.54, 1.807) is 22.9 Å². The molecule has 35 heavy (non-hydrogen) atoms. The van der Waals surface area contributed by atoms with Crippen molar-refractivity contribution < 1.29 is 28.2 Å². The standard InChI is InChI=1S/C25H29N3O6S/c1-3-34-19-10-11-24(18(13-19)7-6-12-29)35(32,33)27-15-17(2)23(16-27)28-22-9-5-4-8-20(22)21(26-28)14-25(30)31/h4-11,13,17,23,29H,3,12,14-16H2,1-2H3,(H,30,31)/b7-6+/t17-,23+/m1/s1. The first-order valence-electron chi connectivity index (χ1n) is 11.5. The quantitative estimate of drug-likeness (QED) is 0.464. The highest BCUT2D eigenvalue weighted by Crippen LogP contribution is 2.36. The number of aliphatic carboxylic acids is 1. The summed E-state index contributed by atoms with van der Waals surface area (Å²) in [7, 11) is -3.86. The second kappa shape index (κ2) is 10.2. The Hall–Kier alpha value is -3.21. The van der Waals surface area contributed by atoms with Gasteiger partial charge in [0.15, 0.2) is 0 Å². The number of para-hydroxylation sites is 1. The van der Waals surface area contributed by atoms with Gasteiger partial charge >= 0.3 is 5.97 Å². The molecule has 0 spiro atoms. The monoisotopic (exact) mass is 499 g/mol. The van der Waals surface area contributed by atoms with Gasteiger partial charge in [0.2, 0.25) is 10.0 Å². The number of aliphatic hydroxyl groups is 1. The molecule has 0 radical (unpaired) electrons. The molecule has 0 bridgehead atoms. The SMILES string of the molecule is CCOc1ccc(S(=O)(=O)N2C[C@@H](C)[C@@H](n3nc(CC(=O)O)c4ccccc43)C2)c(/C=C/CO)c1. The zero-order valence-corrected chi connectivity index (χ0v) is 20.5. The molecule has 1 fully saturated rings. The van der Waals surface area contributed by atoms with Crippen molar-refractivity contribution in [3.8, 4) is 5.75 Å². The first-order valence-corrected chi connectivity index (χ1v) is 12.9. The molecule has 186 valence electrons. The van der Waals surface area contributed by atoms with Gasteiger partial charge in [0.25, 0.3) is 0 Å². The number of carboxylic acids is 1. The minimum Gasteiger partial charge on any atom is -0.494 e. The largest absolute Gasteiger partial charge is 0.494 e. The predicted molar refractivity (Wildman–Crippen MR) is 132 cm³/mol. The second-order valence-electron chi connectivity index (χ2n) is 8.56. The average molecular weight is 500 g/mol. The molecule has 2 N–H and O–H groups in total. The van der Waals surface area contributed by atoms with Crippen molar-refractivity contribution in [2.75, 3.05) is 26.3 Å². The van der Waals surface area contributed by atoms with E-state index in [0.717, 1.165) is 10.9 Å². The Bertz CT molecular complexity index is 1360. The third kappa shape index (κ3) is 4.95. The van der Waals surface area contributed by atoms with E-state index in [1.807, 2.05) is 38.1 Å². The van der Waals surface area contributed by atoms with Gasteiger partial charge in [0.1, 0.15) is 5.75 Å². The third-order valence-corrected chi connectivity index (χ3v) is 8.08. The van der Waals surface area contributed by atoms with Crippen LogP contribution in [0.2, 0.25) is 0 Å². The van der Waals surface area contributed by atoms with Gasteiger partial charge in [-0.2, -0.15) is 9.40 Å². The van der Waals surface area contributed by atoms with Crippen molar-refractivity contribution >= 4 is 33.0 Å². The van der Waals surface area contributed by atoms with E-state index in [9.17, 15) is 23.4 Å². The number of sulfonamides is 1. The van der Waals surface area contributed by atoms with Gasteiger partial charge in [-0.3, -0.25) is 9.48 Å². The van der Waals surface area contributed by atoms with E-state index in [-0.39, 0.29) is 36.4 Å². The molecule has 9 nitrogen and oxygen atoms in total. The number of carbonyl (C=O) groups is 1. The highest BCUT2D eigenvalue weighted by molar-refractivity contribution is 7.89. The molecule has 0 aliphatic carbocycles. The highest BCUT2D eigenvalue weighted by atomic mass is 32.2. The fourth-order valence-corrected chi connectivity index (χ4v) is 6.29. The summed E-state index contributed by atoms with van der Waals surface area (Å²) in [5.41, 5.74) is 1.69. The number of nitrogens with zero attached hydrogens (tertiary/aromatic N) is 3. The van der Waals surface area contributed by atoms with Crippen molar-refractivity contribution in [2.45, 2.75) is 31.2 Å².